The molecule has 0 saturated heterocycles. The zero-order chi connectivity index (χ0) is 14.4. The molecule has 1 unspecified atom stereocenters. The Balaban J connectivity index is 2.63. The summed E-state index contributed by atoms with van der Waals surface area (Å²) >= 11 is 0. The van der Waals surface area contributed by atoms with Gasteiger partial charge in [0.15, 0.2) is 0 Å². The first-order valence-corrected chi connectivity index (χ1v) is 7.51. The first kappa shape index (κ1) is 16.2. The van der Waals surface area contributed by atoms with Gasteiger partial charge in [-0.3, -0.25) is 0 Å². The number of rotatable bonds is 7. The van der Waals surface area contributed by atoms with Gasteiger partial charge in [-0.2, -0.15) is 0 Å². The van der Waals surface area contributed by atoms with Crippen molar-refractivity contribution in [3.63, 3.8) is 0 Å². The van der Waals surface area contributed by atoms with Crippen LogP contribution in [0.2, 0.25) is 0 Å². The number of nitrogens with zero attached hydrogens (tertiary/aromatic N) is 1. The molecule has 0 aliphatic rings. The lowest BCUT2D eigenvalue weighted by Gasteiger charge is -2.26. The molecule has 108 valence electrons. The summed E-state index contributed by atoms with van der Waals surface area (Å²) in [5.41, 5.74) is 8.95. The van der Waals surface area contributed by atoms with Crippen molar-refractivity contribution in [1.82, 2.24) is 4.90 Å². The lowest BCUT2D eigenvalue weighted by Crippen LogP contribution is -2.34. The van der Waals surface area contributed by atoms with Gasteiger partial charge in [0.1, 0.15) is 0 Å². The van der Waals surface area contributed by atoms with Crippen molar-refractivity contribution >= 4 is 0 Å². The van der Waals surface area contributed by atoms with E-state index in [1.54, 1.807) is 0 Å². The molecule has 1 aromatic rings. The summed E-state index contributed by atoms with van der Waals surface area (Å²) < 4.78 is 0. The number of hydrogen-bond acceptors (Lipinski definition) is 2. The first-order valence-electron chi connectivity index (χ1n) is 7.51. The van der Waals surface area contributed by atoms with Gasteiger partial charge in [-0.05, 0) is 29.5 Å². The summed E-state index contributed by atoms with van der Waals surface area (Å²) in [6, 6.07) is 8.89. The Hall–Kier alpha value is -0.860. The van der Waals surface area contributed by atoms with E-state index < -0.39 is 0 Å². The van der Waals surface area contributed by atoms with Gasteiger partial charge in [-0.1, -0.05) is 58.9 Å². The molecular weight excluding hydrogens is 232 g/mol. The molecule has 0 aliphatic heterocycles. The minimum absolute atomic E-state index is 0.111. The quantitative estimate of drug-likeness (QED) is 0.810. The van der Waals surface area contributed by atoms with Crippen LogP contribution < -0.4 is 5.73 Å². The lowest BCUT2D eigenvalue weighted by molar-refractivity contribution is 0.242. The van der Waals surface area contributed by atoms with Crippen molar-refractivity contribution in [3.8, 4) is 0 Å². The summed E-state index contributed by atoms with van der Waals surface area (Å²) in [5.74, 6) is 1.27. The van der Waals surface area contributed by atoms with Gasteiger partial charge in [0, 0.05) is 19.1 Å². The second-order valence-corrected chi connectivity index (χ2v) is 6.17. The van der Waals surface area contributed by atoms with Crippen molar-refractivity contribution in [3.05, 3.63) is 35.4 Å². The molecule has 1 aromatic carbocycles. The van der Waals surface area contributed by atoms with Gasteiger partial charge < -0.3 is 10.6 Å². The SMILES string of the molecule is CCN(CC(C)C)CC(N)c1ccc(C(C)C)cc1. The molecule has 1 atom stereocenters. The fourth-order valence-corrected chi connectivity index (χ4v) is 2.36. The topological polar surface area (TPSA) is 29.3 Å². The molecule has 0 aliphatic carbocycles. The van der Waals surface area contributed by atoms with E-state index in [1.165, 1.54) is 11.1 Å². The highest BCUT2D eigenvalue weighted by atomic mass is 15.1. The highest BCUT2D eigenvalue weighted by Gasteiger charge is 2.12. The van der Waals surface area contributed by atoms with Gasteiger partial charge in [0.25, 0.3) is 0 Å². The van der Waals surface area contributed by atoms with Crippen LogP contribution in [0.1, 0.15) is 57.7 Å². The smallest absolute Gasteiger partial charge is 0.0424 e. The van der Waals surface area contributed by atoms with Crippen molar-refractivity contribution in [2.45, 2.75) is 46.6 Å². The third-order valence-electron chi connectivity index (χ3n) is 3.56. The van der Waals surface area contributed by atoms with Gasteiger partial charge in [0.05, 0.1) is 0 Å². The average Bonchev–Trinajstić information content (AvgIpc) is 2.37. The van der Waals surface area contributed by atoms with Gasteiger partial charge in [0.2, 0.25) is 0 Å². The molecule has 2 N–H and O–H groups in total. The van der Waals surface area contributed by atoms with Gasteiger partial charge in [-0.15, -0.1) is 0 Å². The number of likely N-dealkylation sites (N-methyl/N-ethyl adjacent to an activating group) is 1. The first-order chi connectivity index (χ1) is 8.93. The zero-order valence-corrected chi connectivity index (χ0v) is 13.2. The molecule has 0 amide bonds. The average molecular weight is 262 g/mol. The lowest BCUT2D eigenvalue weighted by atomic mass is 9.99. The summed E-state index contributed by atoms with van der Waals surface area (Å²) in [7, 11) is 0. The van der Waals surface area contributed by atoms with Crippen molar-refractivity contribution < 1.29 is 0 Å². The van der Waals surface area contributed by atoms with Crippen LogP contribution in [-0.4, -0.2) is 24.5 Å². The van der Waals surface area contributed by atoms with Crippen molar-refractivity contribution in [1.29, 1.82) is 0 Å². The molecule has 0 bridgehead atoms. The number of hydrogen-bond donors (Lipinski definition) is 1. The van der Waals surface area contributed by atoms with E-state index in [0.717, 1.165) is 19.6 Å². The van der Waals surface area contributed by atoms with E-state index in [1.807, 2.05) is 0 Å². The third kappa shape index (κ3) is 5.33. The van der Waals surface area contributed by atoms with E-state index in [-0.39, 0.29) is 6.04 Å². The molecular formula is C17H30N2. The highest BCUT2D eigenvalue weighted by molar-refractivity contribution is 5.26. The minimum atomic E-state index is 0.111. The molecule has 19 heavy (non-hydrogen) atoms. The monoisotopic (exact) mass is 262 g/mol. The molecule has 0 aromatic heterocycles. The maximum absolute atomic E-state index is 6.33. The molecule has 2 heteroatoms. The molecule has 0 fully saturated rings. The van der Waals surface area contributed by atoms with E-state index in [9.17, 15) is 0 Å². The van der Waals surface area contributed by atoms with E-state index >= 15 is 0 Å². The summed E-state index contributed by atoms with van der Waals surface area (Å²) in [5, 5.41) is 0. The van der Waals surface area contributed by atoms with Crippen LogP contribution in [0, 0.1) is 5.92 Å². The Labute approximate surface area is 119 Å². The fraction of sp³-hybridized carbons (Fsp3) is 0.647. The third-order valence-corrected chi connectivity index (χ3v) is 3.56. The Morgan fingerprint density at radius 1 is 0.947 bits per heavy atom. The van der Waals surface area contributed by atoms with Gasteiger partial charge >= 0.3 is 0 Å². The second-order valence-electron chi connectivity index (χ2n) is 6.17. The molecule has 1 rings (SSSR count). The Kier molecular flexibility index (Phi) is 6.53. The fourth-order valence-electron chi connectivity index (χ4n) is 2.36. The van der Waals surface area contributed by atoms with Crippen molar-refractivity contribution in [2.24, 2.45) is 11.7 Å². The maximum atomic E-state index is 6.33. The summed E-state index contributed by atoms with van der Waals surface area (Å²) in [6.45, 7) is 14.3. The Morgan fingerprint density at radius 3 is 1.89 bits per heavy atom. The minimum Gasteiger partial charge on any atom is -0.323 e. The van der Waals surface area contributed by atoms with Crippen LogP contribution in [0.25, 0.3) is 0 Å². The molecule has 2 nitrogen and oxygen atoms in total. The standard InChI is InChI=1S/C17H30N2/c1-6-19(11-13(2)3)12-17(18)16-9-7-15(8-10-16)14(4)5/h7-10,13-14,17H,6,11-12,18H2,1-5H3. The molecule has 0 radical (unpaired) electrons. The normalized spacial score (nSPS) is 13.5. The predicted molar refractivity (Wildman–Crippen MR) is 84.4 cm³/mol. The van der Waals surface area contributed by atoms with E-state index in [0.29, 0.717) is 11.8 Å². The van der Waals surface area contributed by atoms with Crippen LogP contribution in [0.3, 0.4) is 0 Å². The molecule has 0 heterocycles. The van der Waals surface area contributed by atoms with Crippen LogP contribution in [0.5, 0.6) is 0 Å². The largest absolute Gasteiger partial charge is 0.323 e. The predicted octanol–water partition coefficient (Wildman–Crippen LogP) is 3.79. The van der Waals surface area contributed by atoms with Gasteiger partial charge in [-0.25, -0.2) is 0 Å². The van der Waals surface area contributed by atoms with Crippen LogP contribution in [0.15, 0.2) is 24.3 Å². The number of benzene rings is 1. The molecule has 0 spiro atoms. The van der Waals surface area contributed by atoms with Crippen LogP contribution in [-0.2, 0) is 0 Å². The highest BCUT2D eigenvalue weighted by Crippen LogP contribution is 2.18. The summed E-state index contributed by atoms with van der Waals surface area (Å²) in [6.07, 6.45) is 0. The van der Waals surface area contributed by atoms with Crippen LogP contribution >= 0.6 is 0 Å². The summed E-state index contributed by atoms with van der Waals surface area (Å²) in [4.78, 5) is 2.44. The van der Waals surface area contributed by atoms with Crippen molar-refractivity contribution in [2.75, 3.05) is 19.6 Å². The molecule has 0 saturated carbocycles. The van der Waals surface area contributed by atoms with Crippen LogP contribution in [0.4, 0.5) is 0 Å². The zero-order valence-electron chi connectivity index (χ0n) is 13.2. The second kappa shape index (κ2) is 7.66. The van der Waals surface area contributed by atoms with E-state index in [2.05, 4.69) is 63.8 Å². The Morgan fingerprint density at radius 2 is 1.47 bits per heavy atom. The maximum Gasteiger partial charge on any atom is 0.0424 e. The number of nitrogens with two attached hydrogens (primary N) is 1. The Bertz CT molecular complexity index is 354. The van der Waals surface area contributed by atoms with E-state index in [4.69, 9.17) is 5.73 Å².